The zero-order valence-corrected chi connectivity index (χ0v) is 16.2. The Kier molecular flexibility index (Phi) is 8.29. The molecule has 1 atom stereocenters. The maximum atomic E-state index is 4.42. The SMILES string of the molecule is CCCN1CCC(NC(=NC)NCC(C)N2CCN(C)CC2)CC1. The average molecular weight is 339 g/mol. The van der Waals surface area contributed by atoms with Gasteiger partial charge in [-0.05, 0) is 39.8 Å². The third-order valence-corrected chi connectivity index (χ3v) is 5.42. The van der Waals surface area contributed by atoms with Crippen molar-refractivity contribution in [3.05, 3.63) is 0 Å². The minimum absolute atomic E-state index is 0.545. The van der Waals surface area contributed by atoms with Gasteiger partial charge in [0.05, 0.1) is 0 Å². The van der Waals surface area contributed by atoms with Crippen LogP contribution in [0.1, 0.15) is 33.1 Å². The molecule has 0 spiro atoms. The van der Waals surface area contributed by atoms with Crippen LogP contribution in [0.2, 0.25) is 0 Å². The average Bonchev–Trinajstić information content (AvgIpc) is 2.60. The number of hydrogen-bond acceptors (Lipinski definition) is 4. The molecule has 24 heavy (non-hydrogen) atoms. The summed E-state index contributed by atoms with van der Waals surface area (Å²) in [5.74, 6) is 0.963. The number of nitrogens with one attached hydrogen (secondary N) is 2. The molecule has 6 heteroatoms. The fourth-order valence-corrected chi connectivity index (χ4v) is 3.64. The first kappa shape index (κ1) is 19.5. The Labute approximate surface area is 148 Å². The van der Waals surface area contributed by atoms with Gasteiger partial charge in [-0.2, -0.15) is 0 Å². The Morgan fingerprint density at radius 1 is 1.12 bits per heavy atom. The molecule has 0 aliphatic carbocycles. The van der Waals surface area contributed by atoms with Gasteiger partial charge >= 0.3 is 0 Å². The van der Waals surface area contributed by atoms with Gasteiger partial charge in [0.2, 0.25) is 0 Å². The molecule has 0 radical (unpaired) electrons. The third kappa shape index (κ3) is 6.22. The molecular weight excluding hydrogens is 300 g/mol. The smallest absolute Gasteiger partial charge is 0.191 e. The minimum Gasteiger partial charge on any atom is -0.355 e. The van der Waals surface area contributed by atoms with Crippen LogP contribution in [-0.4, -0.2) is 99.2 Å². The molecule has 0 aromatic heterocycles. The number of guanidine groups is 1. The molecule has 0 saturated carbocycles. The van der Waals surface area contributed by atoms with Gasteiger partial charge in [0.25, 0.3) is 0 Å². The second-order valence-electron chi connectivity index (χ2n) is 7.40. The second kappa shape index (κ2) is 10.2. The molecule has 2 heterocycles. The predicted octanol–water partition coefficient (Wildman–Crippen LogP) is 0.662. The van der Waals surface area contributed by atoms with E-state index in [9.17, 15) is 0 Å². The van der Waals surface area contributed by atoms with Crippen LogP contribution in [0.3, 0.4) is 0 Å². The highest BCUT2D eigenvalue weighted by molar-refractivity contribution is 5.80. The van der Waals surface area contributed by atoms with Crippen LogP contribution in [0.4, 0.5) is 0 Å². The van der Waals surface area contributed by atoms with E-state index in [-0.39, 0.29) is 0 Å². The summed E-state index contributed by atoms with van der Waals surface area (Å²) < 4.78 is 0. The van der Waals surface area contributed by atoms with E-state index in [4.69, 9.17) is 0 Å². The van der Waals surface area contributed by atoms with E-state index >= 15 is 0 Å². The van der Waals surface area contributed by atoms with Crippen LogP contribution in [0, 0.1) is 0 Å². The normalized spacial score (nSPS) is 24.1. The lowest BCUT2D eigenvalue weighted by atomic mass is 10.1. The molecule has 0 aromatic rings. The van der Waals surface area contributed by atoms with E-state index < -0.39 is 0 Å². The van der Waals surface area contributed by atoms with Crippen LogP contribution in [0.25, 0.3) is 0 Å². The zero-order valence-electron chi connectivity index (χ0n) is 16.2. The topological polar surface area (TPSA) is 46.1 Å². The lowest BCUT2D eigenvalue weighted by Crippen LogP contribution is -2.54. The summed E-state index contributed by atoms with van der Waals surface area (Å²) in [6.45, 7) is 13.9. The van der Waals surface area contributed by atoms with Crippen molar-refractivity contribution < 1.29 is 0 Å². The maximum absolute atomic E-state index is 4.42. The Morgan fingerprint density at radius 2 is 1.79 bits per heavy atom. The summed E-state index contributed by atoms with van der Waals surface area (Å²) in [5, 5.41) is 7.15. The van der Waals surface area contributed by atoms with Crippen molar-refractivity contribution in [2.45, 2.75) is 45.2 Å². The number of likely N-dealkylation sites (tertiary alicyclic amines) is 1. The molecule has 0 amide bonds. The molecule has 2 rings (SSSR count). The Morgan fingerprint density at radius 3 is 2.38 bits per heavy atom. The van der Waals surface area contributed by atoms with Crippen molar-refractivity contribution in [1.29, 1.82) is 0 Å². The van der Waals surface area contributed by atoms with Crippen LogP contribution >= 0.6 is 0 Å². The fraction of sp³-hybridized carbons (Fsp3) is 0.944. The van der Waals surface area contributed by atoms with E-state index in [2.05, 4.69) is 51.2 Å². The highest BCUT2D eigenvalue weighted by atomic mass is 15.3. The van der Waals surface area contributed by atoms with E-state index in [1.165, 1.54) is 65.1 Å². The lowest BCUT2D eigenvalue weighted by molar-refractivity contribution is 0.120. The van der Waals surface area contributed by atoms with E-state index in [1.807, 2.05) is 7.05 Å². The quantitative estimate of drug-likeness (QED) is 0.550. The van der Waals surface area contributed by atoms with Gasteiger partial charge in [-0.3, -0.25) is 9.89 Å². The van der Waals surface area contributed by atoms with Crippen molar-refractivity contribution in [3.8, 4) is 0 Å². The number of likely N-dealkylation sites (N-methyl/N-ethyl adjacent to an activating group) is 1. The van der Waals surface area contributed by atoms with Crippen LogP contribution in [0.15, 0.2) is 4.99 Å². The summed E-state index contributed by atoms with van der Waals surface area (Å²) in [6.07, 6.45) is 3.69. The molecule has 2 N–H and O–H groups in total. The van der Waals surface area contributed by atoms with Crippen LogP contribution in [-0.2, 0) is 0 Å². The van der Waals surface area contributed by atoms with Gasteiger partial charge in [-0.25, -0.2) is 0 Å². The lowest BCUT2D eigenvalue weighted by Gasteiger charge is -2.37. The number of piperidine rings is 1. The van der Waals surface area contributed by atoms with Gasteiger partial charge in [0.15, 0.2) is 5.96 Å². The molecule has 0 bridgehead atoms. The zero-order chi connectivity index (χ0) is 17.4. The van der Waals surface area contributed by atoms with E-state index in [1.54, 1.807) is 0 Å². The van der Waals surface area contributed by atoms with Gasteiger partial charge in [0.1, 0.15) is 0 Å². The highest BCUT2D eigenvalue weighted by Crippen LogP contribution is 2.10. The van der Waals surface area contributed by atoms with Gasteiger partial charge in [-0.1, -0.05) is 6.92 Å². The number of rotatable bonds is 6. The van der Waals surface area contributed by atoms with E-state index in [0.29, 0.717) is 12.1 Å². The Bertz CT molecular complexity index is 370. The van der Waals surface area contributed by atoms with Gasteiger partial charge < -0.3 is 20.4 Å². The first-order valence-corrected chi connectivity index (χ1v) is 9.74. The predicted molar refractivity (Wildman–Crippen MR) is 103 cm³/mol. The molecule has 1 unspecified atom stereocenters. The van der Waals surface area contributed by atoms with Gasteiger partial charge in [-0.15, -0.1) is 0 Å². The summed E-state index contributed by atoms with van der Waals surface area (Å²) in [5.41, 5.74) is 0. The van der Waals surface area contributed by atoms with Crippen molar-refractivity contribution in [1.82, 2.24) is 25.3 Å². The minimum atomic E-state index is 0.545. The molecule has 0 aromatic carbocycles. The molecule has 2 aliphatic heterocycles. The molecular formula is C18H38N6. The second-order valence-corrected chi connectivity index (χ2v) is 7.40. The first-order valence-electron chi connectivity index (χ1n) is 9.74. The number of aliphatic imine (C=N–C) groups is 1. The molecule has 6 nitrogen and oxygen atoms in total. The summed E-state index contributed by atoms with van der Waals surface area (Å²) in [7, 11) is 4.08. The molecule has 2 fully saturated rings. The van der Waals surface area contributed by atoms with Crippen molar-refractivity contribution in [2.24, 2.45) is 4.99 Å². The first-order chi connectivity index (χ1) is 11.6. The fourth-order valence-electron chi connectivity index (χ4n) is 3.64. The highest BCUT2D eigenvalue weighted by Gasteiger charge is 2.21. The van der Waals surface area contributed by atoms with Crippen molar-refractivity contribution in [2.75, 3.05) is 66.5 Å². The molecule has 2 aliphatic rings. The molecule has 2 saturated heterocycles. The van der Waals surface area contributed by atoms with Crippen LogP contribution < -0.4 is 10.6 Å². The van der Waals surface area contributed by atoms with Gasteiger partial charge in [0, 0.05) is 64.9 Å². The number of nitrogens with zero attached hydrogens (tertiary/aromatic N) is 4. The monoisotopic (exact) mass is 338 g/mol. The summed E-state index contributed by atoms with van der Waals surface area (Å²) in [6, 6.07) is 1.10. The third-order valence-electron chi connectivity index (χ3n) is 5.42. The summed E-state index contributed by atoms with van der Waals surface area (Å²) >= 11 is 0. The van der Waals surface area contributed by atoms with Crippen LogP contribution in [0.5, 0.6) is 0 Å². The molecule has 140 valence electrons. The van der Waals surface area contributed by atoms with Crippen molar-refractivity contribution in [3.63, 3.8) is 0 Å². The van der Waals surface area contributed by atoms with E-state index in [0.717, 1.165) is 12.5 Å². The number of hydrogen-bond donors (Lipinski definition) is 2. The number of piperazine rings is 1. The largest absolute Gasteiger partial charge is 0.355 e. The van der Waals surface area contributed by atoms with Crippen molar-refractivity contribution >= 4 is 5.96 Å². The standard InChI is InChI=1S/C18H38N6/c1-5-8-23-9-6-17(7-10-23)21-18(19-3)20-15-16(2)24-13-11-22(4)12-14-24/h16-17H,5-15H2,1-4H3,(H2,19,20,21). The Hall–Kier alpha value is -0.850. The maximum Gasteiger partial charge on any atom is 0.191 e. The summed E-state index contributed by atoms with van der Waals surface area (Å²) in [4.78, 5) is 12.0. The Balaban J connectivity index is 1.67.